The molecule has 2 nitrogen and oxygen atoms in total. The molecule has 0 spiro atoms. The molecule has 3 heteroatoms. The fourth-order valence-corrected chi connectivity index (χ4v) is 2.52. The number of thiophene rings is 1. The van der Waals surface area contributed by atoms with Crippen LogP contribution in [0.3, 0.4) is 0 Å². The van der Waals surface area contributed by atoms with Crippen LogP contribution in [0.1, 0.15) is 35.6 Å². The zero-order valence-electron chi connectivity index (χ0n) is 9.91. The summed E-state index contributed by atoms with van der Waals surface area (Å²) < 4.78 is 5.50. The summed E-state index contributed by atoms with van der Waals surface area (Å²) >= 11 is 1.74. The lowest BCUT2D eigenvalue weighted by Crippen LogP contribution is -2.17. The predicted molar refractivity (Wildman–Crippen MR) is 67.8 cm³/mol. The topological polar surface area (TPSA) is 25.2 Å². The summed E-state index contributed by atoms with van der Waals surface area (Å²) in [6.45, 7) is 7.04. The first-order valence-corrected chi connectivity index (χ1v) is 6.42. The van der Waals surface area contributed by atoms with E-state index in [9.17, 15) is 0 Å². The molecule has 1 atom stereocenters. The van der Waals surface area contributed by atoms with E-state index in [0.29, 0.717) is 6.04 Å². The number of rotatable bonds is 4. The first-order valence-electron chi connectivity index (χ1n) is 5.48. The normalized spacial score (nSPS) is 12.9. The third-order valence-electron chi connectivity index (χ3n) is 2.79. The fraction of sp³-hybridized carbons (Fsp3) is 0.385. The number of aryl methyl sites for hydroxylation is 2. The Balaban J connectivity index is 1.95. The molecule has 0 saturated carbocycles. The molecule has 0 saturated heterocycles. The van der Waals surface area contributed by atoms with Crippen molar-refractivity contribution in [1.82, 2.24) is 5.32 Å². The van der Waals surface area contributed by atoms with E-state index in [2.05, 4.69) is 35.1 Å². The van der Waals surface area contributed by atoms with Crippen molar-refractivity contribution in [2.24, 2.45) is 0 Å². The van der Waals surface area contributed by atoms with Crippen molar-refractivity contribution in [3.05, 3.63) is 45.5 Å². The second kappa shape index (κ2) is 4.85. The molecule has 16 heavy (non-hydrogen) atoms. The van der Waals surface area contributed by atoms with Gasteiger partial charge in [0.15, 0.2) is 0 Å². The highest BCUT2D eigenvalue weighted by molar-refractivity contribution is 7.07. The molecule has 0 amide bonds. The SMILES string of the molecule is Cc1cc(CNC(C)c2ccsc2)c(C)o1. The minimum absolute atomic E-state index is 0.390. The molecule has 0 aliphatic rings. The maximum absolute atomic E-state index is 5.50. The Morgan fingerprint density at radius 3 is 2.81 bits per heavy atom. The average molecular weight is 235 g/mol. The largest absolute Gasteiger partial charge is 0.466 e. The number of hydrogen-bond donors (Lipinski definition) is 1. The summed E-state index contributed by atoms with van der Waals surface area (Å²) in [5, 5.41) is 7.80. The lowest BCUT2D eigenvalue weighted by Gasteiger charge is -2.11. The van der Waals surface area contributed by atoms with Gasteiger partial charge in [-0.2, -0.15) is 11.3 Å². The molecule has 86 valence electrons. The second-order valence-corrected chi connectivity index (χ2v) is 4.88. The fourth-order valence-electron chi connectivity index (χ4n) is 1.76. The molecular formula is C13H17NOS. The van der Waals surface area contributed by atoms with E-state index in [1.165, 1.54) is 11.1 Å². The Bertz CT molecular complexity index is 444. The molecule has 2 aromatic rings. The Kier molecular flexibility index (Phi) is 3.46. The van der Waals surface area contributed by atoms with Crippen LogP contribution in [0.25, 0.3) is 0 Å². The maximum atomic E-state index is 5.50. The van der Waals surface area contributed by atoms with Crippen LogP contribution in [-0.4, -0.2) is 0 Å². The minimum atomic E-state index is 0.390. The Morgan fingerprint density at radius 2 is 2.25 bits per heavy atom. The van der Waals surface area contributed by atoms with E-state index >= 15 is 0 Å². The summed E-state index contributed by atoms with van der Waals surface area (Å²) in [5.41, 5.74) is 2.60. The number of hydrogen-bond acceptors (Lipinski definition) is 3. The van der Waals surface area contributed by atoms with Crippen LogP contribution in [-0.2, 0) is 6.54 Å². The molecule has 0 fully saturated rings. The van der Waals surface area contributed by atoms with Crippen molar-refractivity contribution in [3.8, 4) is 0 Å². The summed E-state index contributed by atoms with van der Waals surface area (Å²) in [5.74, 6) is 2.00. The second-order valence-electron chi connectivity index (χ2n) is 4.10. The standard InChI is InChI=1S/C13H17NOS/c1-9-6-13(11(3)15-9)7-14-10(2)12-4-5-16-8-12/h4-6,8,10,14H,7H2,1-3H3. The highest BCUT2D eigenvalue weighted by Gasteiger charge is 2.08. The van der Waals surface area contributed by atoms with Gasteiger partial charge in [0.25, 0.3) is 0 Å². The third kappa shape index (κ3) is 2.54. The van der Waals surface area contributed by atoms with Gasteiger partial charge >= 0.3 is 0 Å². The van der Waals surface area contributed by atoms with Gasteiger partial charge in [-0.3, -0.25) is 0 Å². The van der Waals surface area contributed by atoms with Crippen LogP contribution in [0.5, 0.6) is 0 Å². The highest BCUT2D eigenvalue weighted by Crippen LogP contribution is 2.18. The highest BCUT2D eigenvalue weighted by atomic mass is 32.1. The van der Waals surface area contributed by atoms with E-state index in [4.69, 9.17) is 4.42 Å². The first-order chi connectivity index (χ1) is 7.66. The van der Waals surface area contributed by atoms with E-state index in [0.717, 1.165) is 18.1 Å². The average Bonchev–Trinajstić information content (AvgIpc) is 2.84. The minimum Gasteiger partial charge on any atom is -0.466 e. The van der Waals surface area contributed by atoms with Gasteiger partial charge in [0, 0.05) is 18.2 Å². The molecule has 0 aromatic carbocycles. The van der Waals surface area contributed by atoms with Crippen molar-refractivity contribution in [1.29, 1.82) is 0 Å². The molecule has 2 rings (SSSR count). The van der Waals surface area contributed by atoms with Gasteiger partial charge in [0.2, 0.25) is 0 Å². The molecule has 0 bridgehead atoms. The van der Waals surface area contributed by atoms with Crippen LogP contribution in [0.4, 0.5) is 0 Å². The van der Waals surface area contributed by atoms with Crippen LogP contribution in [0.2, 0.25) is 0 Å². The predicted octanol–water partition coefficient (Wildman–Crippen LogP) is 3.81. The van der Waals surface area contributed by atoms with Gasteiger partial charge in [-0.05, 0) is 49.2 Å². The monoisotopic (exact) mass is 235 g/mol. The smallest absolute Gasteiger partial charge is 0.105 e. The molecular weight excluding hydrogens is 218 g/mol. The zero-order chi connectivity index (χ0) is 11.5. The van der Waals surface area contributed by atoms with E-state index in [-0.39, 0.29) is 0 Å². The molecule has 1 unspecified atom stereocenters. The van der Waals surface area contributed by atoms with Crippen molar-refractivity contribution >= 4 is 11.3 Å². The van der Waals surface area contributed by atoms with Gasteiger partial charge in [-0.1, -0.05) is 0 Å². The van der Waals surface area contributed by atoms with Gasteiger partial charge in [-0.15, -0.1) is 0 Å². The summed E-state index contributed by atoms with van der Waals surface area (Å²) in [7, 11) is 0. The van der Waals surface area contributed by atoms with Gasteiger partial charge < -0.3 is 9.73 Å². The molecule has 2 aromatic heterocycles. The van der Waals surface area contributed by atoms with Crippen molar-refractivity contribution in [2.75, 3.05) is 0 Å². The molecule has 1 N–H and O–H groups in total. The van der Waals surface area contributed by atoms with Crippen LogP contribution in [0, 0.1) is 13.8 Å². The van der Waals surface area contributed by atoms with Crippen LogP contribution in [0.15, 0.2) is 27.3 Å². The maximum Gasteiger partial charge on any atom is 0.105 e. The number of nitrogens with one attached hydrogen (secondary N) is 1. The molecule has 0 radical (unpaired) electrons. The first kappa shape index (κ1) is 11.4. The quantitative estimate of drug-likeness (QED) is 0.871. The Morgan fingerprint density at radius 1 is 1.44 bits per heavy atom. The van der Waals surface area contributed by atoms with E-state index in [1.54, 1.807) is 11.3 Å². The van der Waals surface area contributed by atoms with E-state index in [1.807, 2.05) is 13.8 Å². The lowest BCUT2D eigenvalue weighted by atomic mass is 10.1. The summed E-state index contributed by atoms with van der Waals surface area (Å²) in [4.78, 5) is 0. The summed E-state index contributed by atoms with van der Waals surface area (Å²) in [6.07, 6.45) is 0. The molecule has 0 aliphatic carbocycles. The molecule has 0 aliphatic heterocycles. The zero-order valence-corrected chi connectivity index (χ0v) is 10.7. The Hall–Kier alpha value is -1.06. The van der Waals surface area contributed by atoms with Gasteiger partial charge in [0.05, 0.1) is 0 Å². The number of furan rings is 1. The third-order valence-corrected chi connectivity index (χ3v) is 3.49. The summed E-state index contributed by atoms with van der Waals surface area (Å²) in [6, 6.07) is 4.65. The van der Waals surface area contributed by atoms with Crippen molar-refractivity contribution in [3.63, 3.8) is 0 Å². The van der Waals surface area contributed by atoms with Crippen LogP contribution < -0.4 is 5.32 Å². The van der Waals surface area contributed by atoms with Crippen LogP contribution >= 0.6 is 11.3 Å². The van der Waals surface area contributed by atoms with Crippen molar-refractivity contribution in [2.45, 2.75) is 33.4 Å². The van der Waals surface area contributed by atoms with Crippen molar-refractivity contribution < 1.29 is 4.42 Å². The molecule has 2 heterocycles. The van der Waals surface area contributed by atoms with Gasteiger partial charge in [0.1, 0.15) is 11.5 Å². The lowest BCUT2D eigenvalue weighted by molar-refractivity contribution is 0.495. The van der Waals surface area contributed by atoms with E-state index < -0.39 is 0 Å². The van der Waals surface area contributed by atoms with Gasteiger partial charge in [-0.25, -0.2) is 0 Å². The Labute approximate surface area is 100 Å².